The van der Waals surface area contributed by atoms with E-state index in [0.29, 0.717) is 35.0 Å². The highest BCUT2D eigenvalue weighted by molar-refractivity contribution is 6.44. The van der Waals surface area contributed by atoms with Gasteiger partial charge in [-0.3, -0.25) is 4.90 Å². The lowest BCUT2D eigenvalue weighted by molar-refractivity contribution is -0.213. The molecule has 2 spiro atoms. The van der Waals surface area contributed by atoms with E-state index in [0.717, 1.165) is 42.5 Å². The molecule has 0 aromatic heterocycles. The van der Waals surface area contributed by atoms with Gasteiger partial charge in [0.2, 0.25) is 0 Å². The average molecular weight is 687 g/mol. The van der Waals surface area contributed by atoms with Gasteiger partial charge in [0.05, 0.1) is 11.1 Å². The quantitative estimate of drug-likeness (QED) is 0.173. The van der Waals surface area contributed by atoms with E-state index in [1.807, 2.05) is 0 Å². The van der Waals surface area contributed by atoms with E-state index in [2.05, 4.69) is 18.4 Å². The molecule has 9 heteroatoms. The first kappa shape index (κ1) is 29.4. The molecule has 9 fully saturated rings. The second kappa shape index (κ2) is 9.66. The van der Waals surface area contributed by atoms with Gasteiger partial charge >= 0.3 is 11.9 Å². The normalized spacial score (nSPS) is 44.2. The maximum atomic E-state index is 13.8. The van der Waals surface area contributed by atoms with Crippen LogP contribution in [-0.4, -0.2) is 47.7 Å². The van der Waals surface area contributed by atoms with Crippen molar-refractivity contribution in [2.45, 2.75) is 73.0 Å². The van der Waals surface area contributed by atoms with Crippen molar-refractivity contribution in [1.29, 1.82) is 0 Å². The van der Waals surface area contributed by atoms with E-state index >= 15 is 0 Å². The topological polar surface area (TPSA) is 55.8 Å². The van der Waals surface area contributed by atoms with Gasteiger partial charge in [-0.15, -0.1) is 46.4 Å². The van der Waals surface area contributed by atoms with Crippen LogP contribution in [0.2, 0.25) is 0 Å². The maximum absolute atomic E-state index is 13.8. The second-order valence-corrected chi connectivity index (χ2v) is 17.3. The van der Waals surface area contributed by atoms with Gasteiger partial charge in [-0.1, -0.05) is 44.2 Å². The van der Waals surface area contributed by atoms with Gasteiger partial charge < -0.3 is 9.47 Å². The highest BCUT2D eigenvalue weighted by atomic mass is 35.5. The Labute approximate surface area is 283 Å². The van der Waals surface area contributed by atoms with Crippen LogP contribution in [0.15, 0.2) is 60.7 Å². The molecule has 0 N–H and O–H groups in total. The maximum Gasteiger partial charge on any atom is 0.338 e. The number of carbonyl (C=O) groups is 2. The third-order valence-corrected chi connectivity index (χ3v) is 14.5. The molecule has 12 atom stereocenters. The molecule has 9 aliphatic rings. The van der Waals surface area contributed by atoms with E-state index < -0.39 is 15.8 Å². The summed E-state index contributed by atoms with van der Waals surface area (Å²) in [5.74, 6) is 0.314. The Morgan fingerprint density at radius 2 is 1.47 bits per heavy atom. The van der Waals surface area contributed by atoms with Crippen molar-refractivity contribution in [3.05, 3.63) is 82.9 Å². The summed E-state index contributed by atoms with van der Waals surface area (Å²) in [6, 6.07) is 15.0. The molecule has 0 amide bonds. The minimum Gasteiger partial charge on any atom is -0.458 e. The Morgan fingerprint density at radius 3 is 2.07 bits per heavy atom. The number of benzene rings is 2. The number of carbonyl (C=O) groups excluding carboxylic acids is 2. The Bertz CT molecular complexity index is 1630. The van der Waals surface area contributed by atoms with Crippen molar-refractivity contribution in [2.24, 2.45) is 39.9 Å². The van der Waals surface area contributed by atoms with Gasteiger partial charge in [-0.05, 0) is 89.3 Å². The number of piperidine rings is 2. The van der Waals surface area contributed by atoms with Gasteiger partial charge in [0.1, 0.15) is 21.9 Å². The van der Waals surface area contributed by atoms with E-state index in [9.17, 15) is 9.59 Å². The highest BCUT2D eigenvalue weighted by Gasteiger charge is 2.90. The van der Waals surface area contributed by atoms with Crippen LogP contribution in [0.4, 0.5) is 0 Å². The van der Waals surface area contributed by atoms with Crippen molar-refractivity contribution in [1.82, 2.24) is 4.90 Å². The van der Waals surface area contributed by atoms with Crippen molar-refractivity contribution in [2.75, 3.05) is 6.54 Å². The summed E-state index contributed by atoms with van der Waals surface area (Å²) in [7, 11) is 0. The lowest BCUT2D eigenvalue weighted by Gasteiger charge is -2.66. The molecule has 3 heterocycles. The number of ether oxygens (including phenoxy) is 2. The van der Waals surface area contributed by atoms with Crippen molar-refractivity contribution in [3.8, 4) is 0 Å². The zero-order valence-corrected chi connectivity index (χ0v) is 28.0. The second-order valence-electron chi connectivity index (χ2n) is 15.1. The van der Waals surface area contributed by atoms with Crippen LogP contribution in [0.25, 0.3) is 0 Å². The van der Waals surface area contributed by atoms with Crippen LogP contribution in [0, 0.1) is 39.9 Å². The molecule has 3 saturated heterocycles. The molecule has 3 aliphatic heterocycles. The van der Waals surface area contributed by atoms with E-state index in [1.54, 1.807) is 48.5 Å². The summed E-state index contributed by atoms with van der Waals surface area (Å²) in [5, 5.41) is 0. The Hall–Kier alpha value is -1.76. The largest absolute Gasteiger partial charge is 0.458 e. The number of hydrogen-bond acceptors (Lipinski definition) is 5. The number of halogens is 4. The standard InChI is InChI=1S/C36H35Cl4NO4/c1-17-22-14-23-28-35-13-3-12-34(2)16-41(28)24(26(34)35)15-36(23,29(17)45-33(43)21-10-6-19(7-11-21)31(39)40)27(35)25(22)44-32(42)20-8-4-18(5-9-20)30(37)38/h4-11,22-31H,1,3,12-16H2,2H3/t22-,23-,24+,25+,26-,27+,28-,29-,34+,35+,36-/m1/s1. The fourth-order valence-corrected chi connectivity index (χ4v) is 13.2. The molecule has 5 nitrogen and oxygen atoms in total. The van der Waals surface area contributed by atoms with Gasteiger partial charge in [0.15, 0.2) is 0 Å². The van der Waals surface area contributed by atoms with Gasteiger partial charge in [-0.2, -0.15) is 0 Å². The van der Waals surface area contributed by atoms with Crippen LogP contribution < -0.4 is 0 Å². The third kappa shape index (κ3) is 3.58. The molecule has 236 valence electrons. The molecule has 9 bridgehead atoms. The molecular formula is C36H35Cl4NO4. The van der Waals surface area contributed by atoms with Crippen LogP contribution in [0.3, 0.4) is 0 Å². The summed E-state index contributed by atoms with van der Waals surface area (Å²) in [6.07, 6.45) is 4.74. The summed E-state index contributed by atoms with van der Waals surface area (Å²) >= 11 is 24.2. The third-order valence-electron chi connectivity index (χ3n) is 13.5. The fraction of sp³-hybridized carbons (Fsp3) is 0.556. The minimum absolute atomic E-state index is 0.0512. The highest BCUT2D eigenvalue weighted by Crippen LogP contribution is 2.87. The summed E-state index contributed by atoms with van der Waals surface area (Å²) in [6.45, 7) is 8.25. The zero-order valence-electron chi connectivity index (χ0n) is 24.9. The number of esters is 2. The van der Waals surface area contributed by atoms with E-state index in [-0.39, 0.29) is 46.1 Å². The van der Waals surface area contributed by atoms with Crippen molar-refractivity contribution in [3.63, 3.8) is 0 Å². The molecular weight excluding hydrogens is 652 g/mol. The predicted octanol–water partition coefficient (Wildman–Crippen LogP) is 8.48. The fourth-order valence-electron chi connectivity index (χ4n) is 12.7. The van der Waals surface area contributed by atoms with Crippen molar-refractivity contribution >= 4 is 58.3 Å². The van der Waals surface area contributed by atoms with Crippen LogP contribution >= 0.6 is 46.4 Å². The SMILES string of the molecule is C=C1[C@H]2C[C@@H]3[C@H]4N5C[C@]6(C)CCC[C@]47[C@H]([C@H]2OC(=O)c2ccc(C(Cl)Cl)cc2)[C@]3(C[C@H]5[C@H]67)[C@@H]1OC(=O)c1ccc(C(Cl)Cl)cc1. The monoisotopic (exact) mass is 685 g/mol. The minimum atomic E-state index is -0.662. The average Bonchev–Trinajstić information content (AvgIpc) is 3.45. The Kier molecular flexibility index (Phi) is 6.31. The van der Waals surface area contributed by atoms with Crippen LogP contribution in [0.1, 0.15) is 80.5 Å². The van der Waals surface area contributed by atoms with Crippen LogP contribution in [-0.2, 0) is 9.47 Å². The summed E-state index contributed by atoms with van der Waals surface area (Å²) < 4.78 is 13.2. The number of alkyl halides is 4. The van der Waals surface area contributed by atoms with Gasteiger partial charge in [0.25, 0.3) is 0 Å². The van der Waals surface area contributed by atoms with E-state index in [4.69, 9.17) is 55.9 Å². The van der Waals surface area contributed by atoms with Crippen molar-refractivity contribution < 1.29 is 19.1 Å². The first-order valence-corrected chi connectivity index (χ1v) is 17.9. The first-order chi connectivity index (χ1) is 21.5. The first-order valence-electron chi connectivity index (χ1n) is 16.1. The Morgan fingerprint density at radius 1 is 0.867 bits per heavy atom. The van der Waals surface area contributed by atoms with Crippen LogP contribution in [0.5, 0.6) is 0 Å². The summed E-state index contributed by atoms with van der Waals surface area (Å²) in [4.78, 5) is 29.2. The number of rotatable bonds is 6. The smallest absolute Gasteiger partial charge is 0.338 e. The molecule has 1 unspecified atom stereocenters. The molecule has 6 saturated carbocycles. The molecule has 11 rings (SSSR count). The van der Waals surface area contributed by atoms with Gasteiger partial charge in [0, 0.05) is 35.9 Å². The molecule has 2 aromatic carbocycles. The number of fused-ring (bicyclic) bond motifs is 1. The van der Waals surface area contributed by atoms with E-state index in [1.165, 1.54) is 12.8 Å². The molecule has 45 heavy (non-hydrogen) atoms. The Balaban J connectivity index is 1.11. The lowest BCUT2D eigenvalue weighted by Crippen LogP contribution is -2.69. The predicted molar refractivity (Wildman–Crippen MR) is 174 cm³/mol. The van der Waals surface area contributed by atoms with Gasteiger partial charge in [-0.25, -0.2) is 9.59 Å². The molecule has 2 aromatic rings. The summed E-state index contributed by atoms with van der Waals surface area (Å²) in [5.41, 5.74) is 3.35. The lowest BCUT2D eigenvalue weighted by atomic mass is 9.39. The number of hydrogen-bond donors (Lipinski definition) is 0. The number of nitrogens with zero attached hydrogens (tertiary/aromatic N) is 1. The molecule has 6 aliphatic carbocycles. The molecule has 0 radical (unpaired) electrons. The zero-order chi connectivity index (χ0) is 31.2.